The molecule has 0 aliphatic carbocycles. The molecule has 0 amide bonds. The molecule has 1 aromatic heterocycles. The summed E-state index contributed by atoms with van der Waals surface area (Å²) >= 11 is 1.05. The van der Waals surface area contributed by atoms with E-state index in [4.69, 9.17) is 51.8 Å². The lowest BCUT2D eigenvalue weighted by molar-refractivity contribution is 0.270. The van der Waals surface area contributed by atoms with Gasteiger partial charge in [0.05, 0.1) is 65.4 Å². The van der Waals surface area contributed by atoms with Gasteiger partial charge in [0.1, 0.15) is 5.69 Å². The third-order valence-electron chi connectivity index (χ3n) is 4.68. The van der Waals surface area contributed by atoms with Gasteiger partial charge in [-0.2, -0.15) is 4.37 Å². The van der Waals surface area contributed by atoms with Crippen LogP contribution in [0.4, 0.5) is 0 Å². The molecule has 0 saturated heterocycles. The molecule has 0 aromatic carbocycles. The van der Waals surface area contributed by atoms with Crippen LogP contribution in [0.1, 0.15) is 25.5 Å². The molecule has 25 heavy (non-hydrogen) atoms. The Morgan fingerprint density at radius 3 is 2.44 bits per heavy atom. The number of hydrogen-bond acceptors (Lipinski definition) is 5. The molecular formula is C14H17B6N3OS. The Labute approximate surface area is 162 Å². The van der Waals surface area contributed by atoms with Gasteiger partial charge in [-0.3, -0.25) is 0 Å². The van der Waals surface area contributed by atoms with E-state index in [2.05, 4.69) is 19.7 Å². The minimum absolute atomic E-state index is 0.211. The second kappa shape index (κ2) is 7.59. The predicted octanol–water partition coefficient (Wildman–Crippen LogP) is 0.405. The van der Waals surface area contributed by atoms with E-state index in [-0.39, 0.29) is 6.61 Å². The summed E-state index contributed by atoms with van der Waals surface area (Å²) in [5, 5.41) is -4.90. The lowest BCUT2D eigenvalue weighted by Crippen LogP contribution is -2.46. The predicted molar refractivity (Wildman–Crippen MR) is 108 cm³/mol. The number of nitrogens with zero attached hydrogens (tertiary/aromatic N) is 3. The highest BCUT2D eigenvalue weighted by Gasteiger charge is 2.44. The Kier molecular flexibility index (Phi) is 6.31. The van der Waals surface area contributed by atoms with Gasteiger partial charge in [-0.15, -0.1) is 14.8 Å². The van der Waals surface area contributed by atoms with Crippen LogP contribution < -0.4 is 4.74 Å². The lowest BCUT2D eigenvalue weighted by atomic mass is 9.17. The number of rotatable bonds is 7. The van der Waals surface area contributed by atoms with Crippen molar-refractivity contribution in [2.45, 2.75) is 35.4 Å². The fourth-order valence-electron chi connectivity index (χ4n) is 2.57. The van der Waals surface area contributed by atoms with Gasteiger partial charge in [-0.1, -0.05) is 24.6 Å². The molecule has 0 unspecified atom stereocenters. The molecular weight excluding hydrogens is 323 g/mol. The van der Waals surface area contributed by atoms with Crippen LogP contribution in [0.15, 0.2) is 6.08 Å². The van der Waals surface area contributed by atoms with E-state index >= 15 is 0 Å². The van der Waals surface area contributed by atoms with Gasteiger partial charge in [-0.25, -0.2) is 0 Å². The van der Waals surface area contributed by atoms with Crippen molar-refractivity contribution >= 4 is 64.4 Å². The first-order valence-electron chi connectivity index (χ1n) is 8.08. The number of ether oxygens (including phenoxy) is 1. The maximum Gasteiger partial charge on any atom is 0.253 e. The van der Waals surface area contributed by atoms with Crippen molar-refractivity contribution in [1.82, 2.24) is 13.6 Å². The molecule has 1 aliphatic rings. The second-order valence-corrected chi connectivity index (χ2v) is 7.29. The zero-order valence-corrected chi connectivity index (χ0v) is 15.6. The van der Waals surface area contributed by atoms with Crippen LogP contribution in [-0.2, 0) is 0 Å². The van der Waals surface area contributed by atoms with Crippen LogP contribution in [0.25, 0.3) is 5.57 Å². The number of aromatic nitrogens is 2. The van der Waals surface area contributed by atoms with Gasteiger partial charge in [0.2, 0.25) is 0 Å². The van der Waals surface area contributed by atoms with Crippen LogP contribution in [0, 0.1) is 0 Å². The lowest BCUT2D eigenvalue weighted by Gasteiger charge is -2.55. The standard InChI is InChI=1S/C14H17B6N3OS/c1-3-12(15,16)14(19,20)13(17,18)8-24-11-10(21-25-22-11)9-5-4-6-23(2)7-9/h5H,3-4,6-8H2,1-2H3. The Hall–Kier alpha value is -0.550. The van der Waals surface area contributed by atoms with E-state index in [0.29, 0.717) is 18.0 Å². The fraction of sp³-hybridized carbons (Fsp3) is 0.714. The smallest absolute Gasteiger partial charge is 0.253 e. The Bertz CT molecular complexity index is 634. The second-order valence-electron chi connectivity index (χ2n) is 6.77. The van der Waals surface area contributed by atoms with Gasteiger partial charge in [-0.05, 0) is 19.0 Å². The van der Waals surface area contributed by atoms with Crippen molar-refractivity contribution < 1.29 is 4.74 Å². The van der Waals surface area contributed by atoms with Gasteiger partial charge in [0.25, 0.3) is 5.88 Å². The summed E-state index contributed by atoms with van der Waals surface area (Å²) in [4.78, 5) is 2.19. The van der Waals surface area contributed by atoms with Crippen LogP contribution in [-0.4, -0.2) is 87.5 Å². The molecule has 2 heterocycles. The largest absolute Gasteiger partial charge is 0.476 e. The van der Waals surface area contributed by atoms with Crippen molar-refractivity contribution in [2.24, 2.45) is 0 Å². The van der Waals surface area contributed by atoms with Crippen molar-refractivity contribution in [3.05, 3.63) is 11.8 Å². The van der Waals surface area contributed by atoms with Gasteiger partial charge in [0.15, 0.2) is 0 Å². The highest BCUT2D eigenvalue weighted by Crippen LogP contribution is 2.57. The van der Waals surface area contributed by atoms with Gasteiger partial charge >= 0.3 is 0 Å². The monoisotopic (exact) mass is 341 g/mol. The first kappa shape index (κ1) is 20.8. The minimum Gasteiger partial charge on any atom is -0.476 e. The molecule has 12 radical (unpaired) electrons. The molecule has 0 bridgehead atoms. The topological polar surface area (TPSA) is 38.3 Å². The Morgan fingerprint density at radius 2 is 1.84 bits per heavy atom. The molecule has 11 heteroatoms. The van der Waals surface area contributed by atoms with E-state index < -0.39 is 15.6 Å². The minimum atomic E-state index is -1.76. The first-order chi connectivity index (χ1) is 11.5. The molecule has 0 fully saturated rings. The van der Waals surface area contributed by atoms with Crippen LogP contribution in [0.3, 0.4) is 0 Å². The molecule has 0 N–H and O–H groups in total. The van der Waals surface area contributed by atoms with Crippen molar-refractivity contribution in [3.63, 3.8) is 0 Å². The number of likely N-dealkylation sites (N-methyl/N-ethyl adjacent to an activating group) is 1. The van der Waals surface area contributed by atoms with Crippen LogP contribution >= 0.6 is 11.7 Å². The maximum atomic E-state index is 6.10. The SMILES string of the molecule is [B]C([B])(CC)C([B])([B])C([B])([B])COc1nsnc1C1=CCCN(C)C1. The summed E-state index contributed by atoms with van der Waals surface area (Å²) in [6.07, 6.45) is 3.35. The van der Waals surface area contributed by atoms with Crippen molar-refractivity contribution in [3.8, 4) is 5.88 Å². The van der Waals surface area contributed by atoms with E-state index in [1.54, 1.807) is 6.92 Å². The highest BCUT2D eigenvalue weighted by atomic mass is 32.1. The Morgan fingerprint density at radius 1 is 1.16 bits per heavy atom. The zero-order chi connectivity index (χ0) is 18.9. The summed E-state index contributed by atoms with van der Waals surface area (Å²) in [7, 11) is 38.3. The van der Waals surface area contributed by atoms with Crippen LogP contribution in [0.2, 0.25) is 15.6 Å². The van der Waals surface area contributed by atoms with Crippen LogP contribution in [0.5, 0.6) is 5.88 Å². The average molecular weight is 340 g/mol. The molecule has 0 spiro atoms. The third-order valence-corrected chi connectivity index (χ3v) is 5.19. The molecule has 1 aliphatic heterocycles. The average Bonchev–Trinajstić information content (AvgIpc) is 3.01. The summed E-state index contributed by atoms with van der Waals surface area (Å²) in [5.41, 5.74) is 1.72. The normalized spacial score (nSPS) is 17.3. The maximum absolute atomic E-state index is 6.10. The van der Waals surface area contributed by atoms with E-state index in [9.17, 15) is 0 Å². The van der Waals surface area contributed by atoms with E-state index in [0.717, 1.165) is 36.8 Å². The first-order valence-corrected chi connectivity index (χ1v) is 8.81. The quantitative estimate of drug-likeness (QED) is 0.674. The summed E-state index contributed by atoms with van der Waals surface area (Å²) in [5.74, 6) is 0.346. The highest BCUT2D eigenvalue weighted by molar-refractivity contribution is 6.99. The number of hydrogen-bond donors (Lipinski definition) is 0. The summed E-state index contributed by atoms with van der Waals surface area (Å²) in [6.45, 7) is 3.30. The van der Waals surface area contributed by atoms with E-state index in [1.807, 2.05) is 7.05 Å². The van der Waals surface area contributed by atoms with Crippen molar-refractivity contribution in [1.29, 1.82) is 0 Å². The van der Waals surface area contributed by atoms with Gasteiger partial charge < -0.3 is 9.64 Å². The molecule has 1 aromatic rings. The fourth-order valence-corrected chi connectivity index (χ4v) is 3.10. The van der Waals surface area contributed by atoms with Crippen molar-refractivity contribution in [2.75, 3.05) is 26.7 Å². The molecule has 4 nitrogen and oxygen atoms in total. The molecule has 2 rings (SSSR count). The summed E-state index contributed by atoms with van der Waals surface area (Å²) < 4.78 is 14.2. The molecule has 0 saturated carbocycles. The molecule has 118 valence electrons. The van der Waals surface area contributed by atoms with E-state index in [1.165, 1.54) is 0 Å². The zero-order valence-electron chi connectivity index (χ0n) is 14.7. The van der Waals surface area contributed by atoms with Gasteiger partial charge in [0, 0.05) is 13.1 Å². The molecule has 0 atom stereocenters. The Balaban J connectivity index is 2.14. The third kappa shape index (κ3) is 4.24. The summed E-state index contributed by atoms with van der Waals surface area (Å²) in [6, 6.07) is 0.